The number of ether oxygens (including phenoxy) is 1. The SMILES string of the molecule is CC.CCN(CCOC)c1ccc(C(=O)C(CC)(Cc2ccc(C(C)C(=O)O)cc2)N(C)C)cc1.NCCO. The third-order valence-electron chi connectivity index (χ3n) is 6.78. The van der Waals surface area contributed by atoms with Crippen LogP contribution < -0.4 is 10.6 Å². The molecular weight excluding hydrogens is 494 g/mol. The first kappa shape index (κ1) is 36.2. The quantitative estimate of drug-likeness (QED) is 0.298. The predicted octanol–water partition coefficient (Wildman–Crippen LogP) is 4.45. The number of carboxylic acid groups (broad SMARTS) is 1. The number of anilines is 1. The highest BCUT2D eigenvalue weighted by Crippen LogP contribution is 2.29. The van der Waals surface area contributed by atoms with Crippen LogP contribution in [0.1, 0.15) is 68.4 Å². The lowest BCUT2D eigenvalue weighted by Gasteiger charge is -2.38. The second-order valence-electron chi connectivity index (χ2n) is 9.22. The summed E-state index contributed by atoms with van der Waals surface area (Å²) >= 11 is 0. The van der Waals surface area contributed by atoms with Crippen molar-refractivity contribution in [3.63, 3.8) is 0 Å². The molecule has 2 unspecified atom stereocenters. The number of likely N-dealkylation sites (N-methyl/N-ethyl adjacent to an activating group) is 2. The van der Waals surface area contributed by atoms with Crippen LogP contribution in [0.2, 0.25) is 0 Å². The number of rotatable bonds is 14. The van der Waals surface area contributed by atoms with E-state index in [2.05, 4.69) is 11.8 Å². The minimum Gasteiger partial charge on any atom is -0.481 e. The number of carboxylic acids is 1. The standard InChI is InChI=1S/C27H38N2O4.C2H7NO.C2H6/c1-7-27(28(4)5,19-21-9-11-22(12-10-21)20(3)26(31)32)25(30)23-13-15-24(16-14-23)29(8-2)17-18-33-6;3-1-2-4;1-2/h9-16,20H,7-8,17-19H2,1-6H3,(H,31,32);4H,1-3H2;1-2H3. The van der Waals surface area contributed by atoms with Crippen LogP contribution in [0.25, 0.3) is 0 Å². The van der Waals surface area contributed by atoms with Gasteiger partial charge < -0.3 is 25.6 Å². The average Bonchev–Trinajstić information content (AvgIpc) is 2.97. The second kappa shape index (κ2) is 19.3. The van der Waals surface area contributed by atoms with Crippen molar-refractivity contribution in [1.82, 2.24) is 4.90 Å². The number of nitrogens with zero attached hydrogens (tertiary/aromatic N) is 2. The molecule has 0 aromatic heterocycles. The summed E-state index contributed by atoms with van der Waals surface area (Å²) < 4.78 is 5.20. The Kier molecular flexibility index (Phi) is 17.9. The second-order valence-corrected chi connectivity index (χ2v) is 9.22. The van der Waals surface area contributed by atoms with E-state index >= 15 is 0 Å². The van der Waals surface area contributed by atoms with E-state index < -0.39 is 17.4 Å². The number of nitrogens with two attached hydrogens (primary N) is 1. The molecule has 0 spiro atoms. The van der Waals surface area contributed by atoms with Crippen LogP contribution in [-0.2, 0) is 16.0 Å². The normalized spacial score (nSPS) is 12.8. The van der Waals surface area contributed by atoms with E-state index in [1.54, 1.807) is 14.0 Å². The van der Waals surface area contributed by atoms with Gasteiger partial charge in [0.2, 0.25) is 0 Å². The van der Waals surface area contributed by atoms with E-state index in [-0.39, 0.29) is 12.4 Å². The summed E-state index contributed by atoms with van der Waals surface area (Å²) in [6, 6.07) is 15.4. The van der Waals surface area contributed by atoms with Crippen LogP contribution >= 0.6 is 0 Å². The molecule has 0 bridgehead atoms. The maximum Gasteiger partial charge on any atom is 0.310 e. The largest absolute Gasteiger partial charge is 0.481 e. The summed E-state index contributed by atoms with van der Waals surface area (Å²) in [6.45, 7) is 12.6. The molecule has 8 heteroatoms. The van der Waals surface area contributed by atoms with Gasteiger partial charge in [0.25, 0.3) is 0 Å². The highest BCUT2D eigenvalue weighted by atomic mass is 16.5. The molecule has 4 N–H and O–H groups in total. The molecule has 0 aliphatic heterocycles. The molecule has 0 fully saturated rings. The van der Waals surface area contributed by atoms with Crippen LogP contribution in [0.5, 0.6) is 0 Å². The van der Waals surface area contributed by atoms with Crippen molar-refractivity contribution in [2.45, 2.75) is 58.9 Å². The van der Waals surface area contributed by atoms with E-state index in [0.717, 1.165) is 29.9 Å². The first-order chi connectivity index (χ1) is 18.6. The number of ketones is 1. The number of aliphatic hydroxyl groups is 1. The van der Waals surface area contributed by atoms with Crippen LogP contribution in [-0.4, -0.2) is 86.5 Å². The zero-order valence-corrected chi connectivity index (χ0v) is 25.2. The minimum atomic E-state index is -0.846. The van der Waals surface area contributed by atoms with Crippen molar-refractivity contribution in [1.29, 1.82) is 0 Å². The first-order valence-electron chi connectivity index (χ1n) is 13.8. The number of carbonyl (C=O) groups excluding carboxylic acids is 1. The van der Waals surface area contributed by atoms with Gasteiger partial charge in [-0.15, -0.1) is 0 Å². The summed E-state index contributed by atoms with van der Waals surface area (Å²) in [6.07, 6.45) is 1.20. The summed E-state index contributed by atoms with van der Waals surface area (Å²) in [5, 5.41) is 17.0. The van der Waals surface area contributed by atoms with Gasteiger partial charge >= 0.3 is 5.97 Å². The fourth-order valence-corrected chi connectivity index (χ4v) is 4.21. The minimum absolute atomic E-state index is 0.0875. The van der Waals surface area contributed by atoms with Crippen molar-refractivity contribution in [2.75, 3.05) is 59.0 Å². The lowest BCUT2D eigenvalue weighted by molar-refractivity contribution is -0.138. The van der Waals surface area contributed by atoms with E-state index in [1.165, 1.54) is 0 Å². The maximum absolute atomic E-state index is 13.8. The lowest BCUT2D eigenvalue weighted by Crippen LogP contribution is -2.52. The van der Waals surface area contributed by atoms with Gasteiger partial charge in [-0.1, -0.05) is 45.0 Å². The van der Waals surface area contributed by atoms with E-state index in [0.29, 0.717) is 31.6 Å². The molecule has 8 nitrogen and oxygen atoms in total. The maximum atomic E-state index is 13.8. The molecule has 0 saturated heterocycles. The Bertz CT molecular complexity index is 946. The molecule has 0 amide bonds. The summed E-state index contributed by atoms with van der Waals surface area (Å²) in [5.74, 6) is -1.32. The van der Waals surface area contributed by atoms with Gasteiger partial charge in [0.15, 0.2) is 5.78 Å². The molecule has 2 atom stereocenters. The summed E-state index contributed by atoms with van der Waals surface area (Å²) in [5.41, 5.74) is 7.61. The third-order valence-corrected chi connectivity index (χ3v) is 6.78. The Morgan fingerprint density at radius 1 is 1.03 bits per heavy atom. The number of benzene rings is 2. The van der Waals surface area contributed by atoms with E-state index in [9.17, 15) is 14.7 Å². The summed E-state index contributed by atoms with van der Waals surface area (Å²) in [4.78, 5) is 29.3. The Morgan fingerprint density at radius 3 is 1.95 bits per heavy atom. The molecule has 39 heavy (non-hydrogen) atoms. The Labute approximate surface area is 235 Å². The van der Waals surface area contributed by atoms with Crippen molar-refractivity contribution in [3.05, 3.63) is 65.2 Å². The smallest absolute Gasteiger partial charge is 0.310 e. The van der Waals surface area contributed by atoms with Gasteiger partial charge in [-0.05, 0) is 76.2 Å². The zero-order chi connectivity index (χ0) is 30.0. The molecule has 2 aromatic carbocycles. The zero-order valence-electron chi connectivity index (χ0n) is 25.2. The Hall–Kier alpha value is -2.78. The number of methoxy groups -OCH3 is 1. The Morgan fingerprint density at radius 2 is 1.56 bits per heavy atom. The third kappa shape index (κ3) is 10.7. The number of Topliss-reactive ketones (excluding diaryl/α,β-unsaturated/α-hetero) is 1. The van der Waals surface area contributed by atoms with Crippen molar-refractivity contribution < 1.29 is 24.5 Å². The molecule has 2 aromatic rings. The molecule has 0 aliphatic carbocycles. The number of carbonyl (C=O) groups is 2. The van der Waals surface area contributed by atoms with Gasteiger partial charge in [-0.25, -0.2) is 0 Å². The van der Waals surface area contributed by atoms with Gasteiger partial charge in [0.1, 0.15) is 0 Å². The molecule has 0 heterocycles. The van der Waals surface area contributed by atoms with E-state index in [1.807, 2.05) is 88.3 Å². The molecule has 2 rings (SSSR count). The fraction of sp³-hybridized carbons (Fsp3) is 0.548. The van der Waals surface area contributed by atoms with Gasteiger partial charge in [-0.2, -0.15) is 0 Å². The molecule has 0 saturated carbocycles. The summed E-state index contributed by atoms with van der Waals surface area (Å²) in [7, 11) is 5.59. The van der Waals surface area contributed by atoms with Gasteiger partial charge in [0.05, 0.1) is 24.7 Å². The van der Waals surface area contributed by atoms with Crippen LogP contribution in [0, 0.1) is 0 Å². The van der Waals surface area contributed by atoms with E-state index in [4.69, 9.17) is 15.6 Å². The van der Waals surface area contributed by atoms with Crippen LogP contribution in [0.4, 0.5) is 5.69 Å². The number of aliphatic hydroxyl groups excluding tert-OH is 1. The van der Waals surface area contributed by atoms with Crippen LogP contribution in [0.15, 0.2) is 48.5 Å². The predicted molar refractivity (Wildman–Crippen MR) is 161 cm³/mol. The van der Waals surface area contributed by atoms with Gasteiger partial charge in [0, 0.05) is 38.0 Å². The van der Waals surface area contributed by atoms with Crippen molar-refractivity contribution in [2.24, 2.45) is 5.73 Å². The van der Waals surface area contributed by atoms with Gasteiger partial charge in [-0.3, -0.25) is 14.5 Å². The molecule has 220 valence electrons. The lowest BCUT2D eigenvalue weighted by atomic mass is 9.80. The Balaban J connectivity index is 0.00000220. The molecular formula is C31H51N3O5. The number of hydrogen-bond donors (Lipinski definition) is 3. The van der Waals surface area contributed by atoms with Crippen LogP contribution in [0.3, 0.4) is 0 Å². The highest BCUT2D eigenvalue weighted by Gasteiger charge is 2.39. The van der Waals surface area contributed by atoms with Crippen molar-refractivity contribution >= 4 is 17.4 Å². The topological polar surface area (TPSA) is 116 Å². The monoisotopic (exact) mass is 545 g/mol. The average molecular weight is 546 g/mol. The fourth-order valence-electron chi connectivity index (χ4n) is 4.21. The number of hydrogen-bond acceptors (Lipinski definition) is 7. The van der Waals surface area contributed by atoms with Crippen molar-refractivity contribution in [3.8, 4) is 0 Å². The number of aliphatic carboxylic acids is 1. The molecule has 0 aliphatic rings. The molecule has 0 radical (unpaired) electrons. The first-order valence-corrected chi connectivity index (χ1v) is 13.8. The highest BCUT2D eigenvalue weighted by molar-refractivity contribution is 6.03.